The number of rotatable bonds is 5. The van der Waals surface area contributed by atoms with E-state index in [2.05, 4.69) is 4.72 Å². The van der Waals surface area contributed by atoms with Crippen molar-refractivity contribution in [2.75, 3.05) is 6.54 Å². The Morgan fingerprint density at radius 3 is 2.39 bits per heavy atom. The van der Waals surface area contributed by atoms with Crippen LogP contribution in [0.3, 0.4) is 0 Å². The lowest BCUT2D eigenvalue weighted by molar-refractivity contribution is -0.146. The van der Waals surface area contributed by atoms with Crippen molar-refractivity contribution in [3.05, 3.63) is 15.8 Å². The van der Waals surface area contributed by atoms with Crippen LogP contribution in [0.2, 0.25) is 0 Å². The van der Waals surface area contributed by atoms with Gasteiger partial charge in [0.1, 0.15) is 0 Å². The quantitative estimate of drug-likeness (QED) is 0.865. The molecular weight excluding hydrogens is 274 g/mol. The standard InChI is InChI=1S/C11H17NO4S2/c1-7-5-9(8(2)17-7)18(15,16)12-6-11(3,4)10(13)14/h5,12H,6H2,1-4H3,(H,13,14). The van der Waals surface area contributed by atoms with Crippen molar-refractivity contribution in [2.24, 2.45) is 5.41 Å². The lowest BCUT2D eigenvalue weighted by Crippen LogP contribution is -2.38. The summed E-state index contributed by atoms with van der Waals surface area (Å²) < 4.78 is 26.4. The normalized spacial score (nSPS) is 12.7. The van der Waals surface area contributed by atoms with Crippen LogP contribution >= 0.6 is 11.3 Å². The van der Waals surface area contributed by atoms with E-state index in [1.165, 1.54) is 25.2 Å². The van der Waals surface area contributed by atoms with Gasteiger partial charge in [0.05, 0.1) is 10.3 Å². The fourth-order valence-corrected chi connectivity index (χ4v) is 4.07. The number of carboxylic acid groups (broad SMARTS) is 1. The number of sulfonamides is 1. The van der Waals surface area contributed by atoms with Crippen LogP contribution in [-0.4, -0.2) is 26.0 Å². The van der Waals surface area contributed by atoms with Gasteiger partial charge in [0, 0.05) is 16.3 Å². The van der Waals surface area contributed by atoms with E-state index in [9.17, 15) is 13.2 Å². The van der Waals surface area contributed by atoms with E-state index in [0.717, 1.165) is 4.88 Å². The van der Waals surface area contributed by atoms with Crippen molar-refractivity contribution in [3.63, 3.8) is 0 Å². The van der Waals surface area contributed by atoms with Gasteiger partial charge in [-0.3, -0.25) is 4.79 Å². The van der Waals surface area contributed by atoms with Crippen LogP contribution in [0, 0.1) is 19.3 Å². The second kappa shape index (κ2) is 4.99. The molecule has 0 fully saturated rings. The first kappa shape index (κ1) is 15.1. The van der Waals surface area contributed by atoms with Crippen LogP contribution in [0.15, 0.2) is 11.0 Å². The lowest BCUT2D eigenvalue weighted by Gasteiger charge is -2.19. The molecule has 0 aliphatic heterocycles. The fourth-order valence-electron chi connectivity index (χ4n) is 1.30. The Kier molecular flexibility index (Phi) is 4.19. The van der Waals surface area contributed by atoms with E-state index in [4.69, 9.17) is 5.11 Å². The topological polar surface area (TPSA) is 83.5 Å². The smallest absolute Gasteiger partial charge is 0.310 e. The monoisotopic (exact) mass is 291 g/mol. The average molecular weight is 291 g/mol. The SMILES string of the molecule is Cc1cc(S(=O)(=O)NCC(C)(C)C(=O)O)c(C)s1. The van der Waals surface area contributed by atoms with Crippen molar-refractivity contribution >= 4 is 27.3 Å². The summed E-state index contributed by atoms with van der Waals surface area (Å²) >= 11 is 1.40. The number of carboxylic acids is 1. The Morgan fingerprint density at radius 2 is 2.00 bits per heavy atom. The van der Waals surface area contributed by atoms with Crippen LogP contribution < -0.4 is 4.72 Å². The number of nitrogens with one attached hydrogen (secondary N) is 1. The minimum absolute atomic E-state index is 0.140. The molecule has 1 rings (SSSR count). The van der Waals surface area contributed by atoms with Gasteiger partial charge in [0.25, 0.3) is 0 Å². The molecular formula is C11H17NO4S2. The maximum absolute atomic E-state index is 12.0. The second-order valence-electron chi connectivity index (χ2n) is 4.79. The highest BCUT2D eigenvalue weighted by molar-refractivity contribution is 7.89. The van der Waals surface area contributed by atoms with Gasteiger partial charge < -0.3 is 5.11 Å². The molecule has 0 amide bonds. The van der Waals surface area contributed by atoms with Crippen LogP contribution in [0.4, 0.5) is 0 Å². The number of carbonyl (C=O) groups is 1. The summed E-state index contributed by atoms with van der Waals surface area (Å²) in [6.07, 6.45) is 0. The van der Waals surface area contributed by atoms with Crippen molar-refractivity contribution in [1.29, 1.82) is 0 Å². The number of aryl methyl sites for hydroxylation is 2. The van der Waals surface area contributed by atoms with Crippen molar-refractivity contribution in [1.82, 2.24) is 4.72 Å². The Balaban J connectivity index is 2.91. The van der Waals surface area contributed by atoms with Gasteiger partial charge in [0.2, 0.25) is 10.0 Å². The van der Waals surface area contributed by atoms with Crippen LogP contribution in [-0.2, 0) is 14.8 Å². The van der Waals surface area contributed by atoms with Gasteiger partial charge in [-0.1, -0.05) is 0 Å². The lowest BCUT2D eigenvalue weighted by atomic mass is 9.95. The highest BCUT2D eigenvalue weighted by atomic mass is 32.2. The molecule has 7 heteroatoms. The van der Waals surface area contributed by atoms with Gasteiger partial charge in [-0.15, -0.1) is 11.3 Å². The first-order valence-corrected chi connectivity index (χ1v) is 7.66. The summed E-state index contributed by atoms with van der Waals surface area (Å²) in [5, 5.41) is 8.93. The largest absolute Gasteiger partial charge is 0.481 e. The second-order valence-corrected chi connectivity index (χ2v) is 7.99. The zero-order valence-electron chi connectivity index (χ0n) is 10.8. The third kappa shape index (κ3) is 3.30. The molecule has 0 radical (unpaired) electrons. The van der Waals surface area contributed by atoms with E-state index in [0.29, 0.717) is 4.88 Å². The molecule has 5 nitrogen and oxygen atoms in total. The van der Waals surface area contributed by atoms with Crippen LogP contribution in [0.1, 0.15) is 23.6 Å². The van der Waals surface area contributed by atoms with E-state index < -0.39 is 21.4 Å². The summed E-state index contributed by atoms with van der Waals surface area (Å²) in [5.74, 6) is -1.04. The zero-order chi connectivity index (χ0) is 14.1. The molecule has 0 unspecified atom stereocenters. The molecule has 0 spiro atoms. The van der Waals surface area contributed by atoms with E-state index >= 15 is 0 Å². The summed E-state index contributed by atoms with van der Waals surface area (Å²) in [7, 11) is -3.64. The molecule has 0 aliphatic carbocycles. The molecule has 0 aliphatic rings. The molecule has 0 bridgehead atoms. The third-order valence-corrected chi connectivity index (χ3v) is 5.19. The van der Waals surface area contributed by atoms with Gasteiger partial charge in [0.15, 0.2) is 0 Å². The molecule has 0 atom stereocenters. The van der Waals surface area contributed by atoms with E-state index in [1.807, 2.05) is 6.92 Å². The minimum atomic E-state index is -3.64. The summed E-state index contributed by atoms with van der Waals surface area (Å²) in [4.78, 5) is 12.8. The van der Waals surface area contributed by atoms with Gasteiger partial charge in [-0.25, -0.2) is 13.1 Å². The number of aliphatic carboxylic acids is 1. The molecule has 18 heavy (non-hydrogen) atoms. The van der Waals surface area contributed by atoms with Crippen LogP contribution in [0.5, 0.6) is 0 Å². The third-order valence-electron chi connectivity index (χ3n) is 2.57. The molecule has 1 aromatic heterocycles. The molecule has 102 valence electrons. The average Bonchev–Trinajstić information content (AvgIpc) is 2.56. The van der Waals surface area contributed by atoms with E-state index in [1.54, 1.807) is 13.0 Å². The Labute approximate surface area is 111 Å². The summed E-state index contributed by atoms with van der Waals surface area (Å²) in [5.41, 5.74) is -1.13. The summed E-state index contributed by atoms with van der Waals surface area (Å²) in [6, 6.07) is 1.59. The fraction of sp³-hybridized carbons (Fsp3) is 0.545. The minimum Gasteiger partial charge on any atom is -0.481 e. The molecule has 0 saturated carbocycles. The van der Waals surface area contributed by atoms with Gasteiger partial charge in [-0.05, 0) is 33.8 Å². The highest BCUT2D eigenvalue weighted by Gasteiger charge is 2.30. The maximum atomic E-state index is 12.0. The first-order chi connectivity index (χ1) is 8.06. The van der Waals surface area contributed by atoms with Crippen molar-refractivity contribution in [3.8, 4) is 0 Å². The Hall–Kier alpha value is -0.920. The molecule has 1 heterocycles. The van der Waals surface area contributed by atoms with Crippen molar-refractivity contribution in [2.45, 2.75) is 32.6 Å². The van der Waals surface area contributed by atoms with Crippen LogP contribution in [0.25, 0.3) is 0 Å². The predicted octanol–water partition coefficient (Wildman–Crippen LogP) is 1.75. The Morgan fingerprint density at radius 1 is 1.44 bits per heavy atom. The zero-order valence-corrected chi connectivity index (χ0v) is 12.4. The first-order valence-electron chi connectivity index (χ1n) is 5.36. The number of hydrogen-bond donors (Lipinski definition) is 2. The summed E-state index contributed by atoms with van der Waals surface area (Å²) in [6.45, 7) is 6.37. The number of thiophene rings is 1. The van der Waals surface area contributed by atoms with Crippen molar-refractivity contribution < 1.29 is 18.3 Å². The molecule has 1 aromatic rings. The van der Waals surface area contributed by atoms with E-state index in [-0.39, 0.29) is 11.4 Å². The predicted molar refractivity (Wildman–Crippen MR) is 70.4 cm³/mol. The number of hydrogen-bond acceptors (Lipinski definition) is 4. The van der Waals surface area contributed by atoms with Gasteiger partial charge >= 0.3 is 5.97 Å². The van der Waals surface area contributed by atoms with Gasteiger partial charge in [-0.2, -0.15) is 0 Å². The maximum Gasteiger partial charge on any atom is 0.310 e. The molecule has 0 saturated heterocycles. The molecule has 2 N–H and O–H groups in total. The molecule has 0 aromatic carbocycles. The highest BCUT2D eigenvalue weighted by Crippen LogP contribution is 2.25. The Bertz CT molecular complexity index is 558.